The number of pyridine rings is 2. The Morgan fingerprint density at radius 2 is 1.65 bits per heavy atom. The van der Waals surface area contributed by atoms with Crippen LogP contribution in [0.5, 0.6) is 0 Å². The zero-order valence-corrected chi connectivity index (χ0v) is 13.7. The minimum absolute atomic E-state index is 0.0965. The number of hydrogen-bond acceptors (Lipinski definition) is 4. The fraction of sp³-hybridized carbons (Fsp3) is 0.214. The summed E-state index contributed by atoms with van der Waals surface area (Å²) < 4.78 is 1.90. The van der Waals surface area contributed by atoms with Crippen LogP contribution in [0.2, 0.25) is 0 Å². The third-order valence-electron chi connectivity index (χ3n) is 2.87. The molecule has 0 spiro atoms. The molecule has 3 rings (SSSR count). The van der Waals surface area contributed by atoms with E-state index < -0.39 is 0 Å². The molecule has 2 aromatic rings. The minimum atomic E-state index is -0.0965. The molecule has 0 radical (unpaired) electrons. The summed E-state index contributed by atoms with van der Waals surface area (Å²) in [4.78, 5) is 8.03. The van der Waals surface area contributed by atoms with E-state index in [-0.39, 0.29) is 5.54 Å². The van der Waals surface area contributed by atoms with Gasteiger partial charge in [0.15, 0.2) is 0 Å². The fourth-order valence-corrected chi connectivity index (χ4v) is 1.97. The number of rotatable bonds is 1. The van der Waals surface area contributed by atoms with Gasteiger partial charge < -0.3 is 5.73 Å². The average molecular weight is 396 g/mol. The third-order valence-corrected chi connectivity index (χ3v) is 3.81. The Morgan fingerprint density at radius 1 is 1.05 bits per heavy atom. The maximum atomic E-state index is 8.30. The van der Waals surface area contributed by atoms with Crippen LogP contribution in [0.1, 0.15) is 24.2 Å². The van der Waals surface area contributed by atoms with Gasteiger partial charge in [-0.3, -0.25) is 4.98 Å². The second-order valence-electron chi connectivity index (χ2n) is 4.49. The van der Waals surface area contributed by atoms with Gasteiger partial charge in [-0.15, -0.1) is 0 Å². The lowest BCUT2D eigenvalue weighted by Crippen LogP contribution is -2.19. The summed E-state index contributed by atoms with van der Waals surface area (Å²) in [6, 6.07) is 9.33. The Balaban J connectivity index is 0.000000151. The molecule has 1 fully saturated rings. The lowest BCUT2D eigenvalue weighted by Gasteiger charge is -2.06. The Bertz CT molecular complexity index is 613. The zero-order chi connectivity index (χ0) is 14.6. The van der Waals surface area contributed by atoms with E-state index in [4.69, 9.17) is 11.0 Å². The summed E-state index contributed by atoms with van der Waals surface area (Å²) in [5, 5.41) is 8.30. The standard InChI is InChI=1S/C8H9BrN2.C6H3BrN2/c9-6-1-2-7(11-5-6)8(10)3-4-8;7-5-1-2-6(3-8)9-4-5/h1-2,5H,3-4,10H2;1-2,4H. The number of hydrogen-bond donors (Lipinski definition) is 1. The van der Waals surface area contributed by atoms with Gasteiger partial charge in [-0.25, -0.2) is 4.98 Å². The monoisotopic (exact) mass is 394 g/mol. The summed E-state index contributed by atoms with van der Waals surface area (Å²) in [7, 11) is 0. The molecule has 20 heavy (non-hydrogen) atoms. The highest BCUT2D eigenvalue weighted by molar-refractivity contribution is 9.10. The van der Waals surface area contributed by atoms with Crippen LogP contribution in [-0.2, 0) is 5.54 Å². The van der Waals surface area contributed by atoms with Crippen LogP contribution in [-0.4, -0.2) is 9.97 Å². The van der Waals surface area contributed by atoms with Gasteiger partial charge >= 0.3 is 0 Å². The Labute approximate surface area is 134 Å². The first-order valence-electron chi connectivity index (χ1n) is 5.96. The van der Waals surface area contributed by atoms with E-state index in [2.05, 4.69) is 41.8 Å². The van der Waals surface area contributed by atoms with Crippen LogP contribution < -0.4 is 5.73 Å². The molecule has 4 nitrogen and oxygen atoms in total. The number of nitrogens with two attached hydrogens (primary N) is 1. The first kappa shape index (κ1) is 15.1. The SMILES string of the molecule is N#Cc1ccc(Br)cn1.NC1(c2ccc(Br)cn2)CC1. The quantitative estimate of drug-likeness (QED) is 0.801. The Hall–Kier alpha value is -1.29. The molecule has 102 valence electrons. The maximum absolute atomic E-state index is 8.30. The van der Waals surface area contributed by atoms with Crippen molar-refractivity contribution in [2.75, 3.05) is 0 Å². The number of nitrogens with zero attached hydrogens (tertiary/aromatic N) is 3. The molecule has 6 heteroatoms. The van der Waals surface area contributed by atoms with E-state index in [0.29, 0.717) is 5.69 Å². The van der Waals surface area contributed by atoms with Crippen LogP contribution in [0.4, 0.5) is 0 Å². The van der Waals surface area contributed by atoms with Gasteiger partial charge in [-0.2, -0.15) is 5.26 Å². The molecular formula is C14H12Br2N4. The van der Waals surface area contributed by atoms with Crippen LogP contribution in [0.3, 0.4) is 0 Å². The molecule has 0 atom stereocenters. The van der Waals surface area contributed by atoms with Gasteiger partial charge in [0.05, 0.1) is 11.2 Å². The van der Waals surface area contributed by atoms with Gasteiger partial charge in [0, 0.05) is 21.3 Å². The van der Waals surface area contributed by atoms with Crippen LogP contribution >= 0.6 is 31.9 Å². The summed E-state index contributed by atoms with van der Waals surface area (Å²) >= 11 is 6.53. The first-order valence-corrected chi connectivity index (χ1v) is 7.55. The highest BCUT2D eigenvalue weighted by Crippen LogP contribution is 2.41. The molecule has 2 aromatic heterocycles. The molecule has 0 aromatic carbocycles. The molecule has 2 N–H and O–H groups in total. The van der Waals surface area contributed by atoms with Gasteiger partial charge in [-0.05, 0) is 69.0 Å². The molecule has 0 bridgehead atoms. The molecule has 0 saturated heterocycles. The summed E-state index contributed by atoms with van der Waals surface area (Å²) in [6.07, 6.45) is 5.53. The molecule has 1 aliphatic rings. The minimum Gasteiger partial charge on any atom is -0.320 e. The second kappa shape index (κ2) is 6.44. The van der Waals surface area contributed by atoms with Crippen molar-refractivity contribution in [3.63, 3.8) is 0 Å². The predicted octanol–water partition coefficient (Wildman–Crippen LogP) is 3.51. The van der Waals surface area contributed by atoms with Crippen molar-refractivity contribution >= 4 is 31.9 Å². The number of nitriles is 1. The summed E-state index contributed by atoms with van der Waals surface area (Å²) in [6.45, 7) is 0. The van der Waals surface area contributed by atoms with E-state index in [1.165, 1.54) is 0 Å². The van der Waals surface area contributed by atoms with Crippen molar-refractivity contribution in [1.82, 2.24) is 9.97 Å². The van der Waals surface area contributed by atoms with E-state index in [0.717, 1.165) is 27.5 Å². The van der Waals surface area contributed by atoms with Crippen molar-refractivity contribution in [2.24, 2.45) is 5.73 Å². The molecule has 1 saturated carbocycles. The topological polar surface area (TPSA) is 75.6 Å². The van der Waals surface area contributed by atoms with E-state index in [1.54, 1.807) is 24.5 Å². The van der Waals surface area contributed by atoms with E-state index >= 15 is 0 Å². The van der Waals surface area contributed by atoms with Crippen molar-refractivity contribution in [3.05, 3.63) is 57.0 Å². The lowest BCUT2D eigenvalue weighted by molar-refractivity contribution is 0.707. The van der Waals surface area contributed by atoms with Gasteiger partial charge in [0.25, 0.3) is 0 Å². The largest absolute Gasteiger partial charge is 0.320 e. The highest BCUT2D eigenvalue weighted by atomic mass is 79.9. The number of aromatic nitrogens is 2. The molecule has 1 aliphatic carbocycles. The zero-order valence-electron chi connectivity index (χ0n) is 10.6. The molecule has 2 heterocycles. The van der Waals surface area contributed by atoms with Crippen LogP contribution in [0.15, 0.2) is 45.6 Å². The third kappa shape index (κ3) is 4.10. The highest BCUT2D eigenvalue weighted by Gasteiger charge is 2.41. The maximum Gasteiger partial charge on any atom is 0.140 e. The lowest BCUT2D eigenvalue weighted by atomic mass is 10.2. The Kier molecular flexibility index (Phi) is 4.86. The average Bonchev–Trinajstić information content (AvgIpc) is 3.20. The van der Waals surface area contributed by atoms with Crippen LogP contribution in [0, 0.1) is 11.3 Å². The van der Waals surface area contributed by atoms with Crippen molar-refractivity contribution in [2.45, 2.75) is 18.4 Å². The first-order chi connectivity index (χ1) is 9.53. The second-order valence-corrected chi connectivity index (χ2v) is 6.32. The molecule has 0 amide bonds. The van der Waals surface area contributed by atoms with E-state index in [9.17, 15) is 0 Å². The molecule has 0 aliphatic heterocycles. The van der Waals surface area contributed by atoms with Crippen molar-refractivity contribution in [1.29, 1.82) is 5.26 Å². The smallest absolute Gasteiger partial charge is 0.140 e. The molecular weight excluding hydrogens is 384 g/mol. The summed E-state index contributed by atoms with van der Waals surface area (Å²) in [5.74, 6) is 0. The van der Waals surface area contributed by atoms with E-state index in [1.807, 2.05) is 18.2 Å². The molecule has 0 unspecified atom stereocenters. The fourth-order valence-electron chi connectivity index (χ4n) is 1.50. The normalized spacial score (nSPS) is 14.7. The Morgan fingerprint density at radius 3 is 2.05 bits per heavy atom. The van der Waals surface area contributed by atoms with Gasteiger partial charge in [-0.1, -0.05) is 0 Å². The van der Waals surface area contributed by atoms with Gasteiger partial charge in [0.1, 0.15) is 11.8 Å². The van der Waals surface area contributed by atoms with Crippen molar-refractivity contribution < 1.29 is 0 Å². The number of halogens is 2. The predicted molar refractivity (Wildman–Crippen MR) is 83.7 cm³/mol. The van der Waals surface area contributed by atoms with Crippen molar-refractivity contribution in [3.8, 4) is 6.07 Å². The van der Waals surface area contributed by atoms with Crippen LogP contribution in [0.25, 0.3) is 0 Å². The summed E-state index contributed by atoms with van der Waals surface area (Å²) in [5.41, 5.74) is 7.30. The van der Waals surface area contributed by atoms with Gasteiger partial charge in [0.2, 0.25) is 0 Å².